The second-order valence-corrected chi connectivity index (χ2v) is 16.4. The quantitative estimate of drug-likeness (QED) is 0.0551. The van der Waals surface area contributed by atoms with Crippen molar-refractivity contribution in [3.63, 3.8) is 0 Å². The molecular weight excluding hydrogens is 799 g/mol. The van der Waals surface area contributed by atoms with E-state index in [0.717, 1.165) is 37.3 Å². The highest BCUT2D eigenvalue weighted by molar-refractivity contribution is 5.88. The van der Waals surface area contributed by atoms with Crippen LogP contribution < -0.4 is 36.7 Å². The van der Waals surface area contributed by atoms with Gasteiger partial charge in [-0.25, -0.2) is 14.6 Å². The molecule has 0 bridgehead atoms. The van der Waals surface area contributed by atoms with E-state index in [9.17, 15) is 24.3 Å². The van der Waals surface area contributed by atoms with Crippen LogP contribution in [0.5, 0.6) is 5.75 Å². The van der Waals surface area contributed by atoms with Crippen molar-refractivity contribution in [2.45, 2.75) is 64.9 Å². The van der Waals surface area contributed by atoms with Crippen molar-refractivity contribution in [2.24, 2.45) is 11.8 Å². The molecule has 2 heterocycles. The molecule has 0 aliphatic carbocycles. The summed E-state index contributed by atoms with van der Waals surface area (Å²) in [5, 5.41) is 28.1. The van der Waals surface area contributed by atoms with E-state index in [1.807, 2.05) is 82.3 Å². The zero-order chi connectivity index (χ0) is 44.7. The number of morpholine rings is 2. The number of amides is 6. The van der Waals surface area contributed by atoms with Gasteiger partial charge in [0.05, 0.1) is 45.2 Å². The Morgan fingerprint density at radius 2 is 1.24 bits per heavy atom. The van der Waals surface area contributed by atoms with E-state index in [1.165, 1.54) is 0 Å². The molecule has 6 amide bonds. The van der Waals surface area contributed by atoms with E-state index in [2.05, 4.69) is 41.8 Å². The Kier molecular flexibility index (Phi) is 22.2. The molecule has 4 atom stereocenters. The van der Waals surface area contributed by atoms with Crippen molar-refractivity contribution < 1.29 is 43.2 Å². The van der Waals surface area contributed by atoms with Crippen LogP contribution in [-0.2, 0) is 36.8 Å². The van der Waals surface area contributed by atoms with E-state index in [0.29, 0.717) is 71.6 Å². The first-order chi connectivity index (χ1) is 29.9. The van der Waals surface area contributed by atoms with Crippen molar-refractivity contribution in [3.8, 4) is 5.75 Å². The van der Waals surface area contributed by atoms with E-state index in [1.54, 1.807) is 12.1 Å². The van der Waals surface area contributed by atoms with E-state index >= 15 is 0 Å². The number of carbonyl (C=O) groups excluding carboxylic acids is 4. The van der Waals surface area contributed by atoms with Crippen LogP contribution in [0.2, 0.25) is 0 Å². The summed E-state index contributed by atoms with van der Waals surface area (Å²) in [5.74, 6) is -0.829. The molecule has 18 nitrogen and oxygen atoms in total. The van der Waals surface area contributed by atoms with Crippen molar-refractivity contribution >= 4 is 23.9 Å². The Morgan fingerprint density at radius 3 is 1.76 bits per heavy atom. The molecule has 2 saturated heterocycles. The molecule has 2 aromatic carbocycles. The summed E-state index contributed by atoms with van der Waals surface area (Å²) in [6, 6.07) is 13.3. The average Bonchev–Trinajstić information content (AvgIpc) is 3.26. The van der Waals surface area contributed by atoms with Crippen molar-refractivity contribution in [1.29, 1.82) is 0 Å². The fourth-order valence-corrected chi connectivity index (χ4v) is 7.07. The minimum atomic E-state index is -1.21. The lowest BCUT2D eigenvalue weighted by atomic mass is 9.98. The predicted octanol–water partition coefficient (Wildman–Crippen LogP) is 0.945. The van der Waals surface area contributed by atoms with Gasteiger partial charge in [-0.3, -0.25) is 24.8 Å². The lowest BCUT2D eigenvalue weighted by Crippen LogP contribution is -2.60. The van der Waals surface area contributed by atoms with E-state index in [-0.39, 0.29) is 31.3 Å². The summed E-state index contributed by atoms with van der Waals surface area (Å²) >= 11 is 0. The van der Waals surface area contributed by atoms with Gasteiger partial charge in [-0.15, -0.1) is 0 Å². The molecule has 18 heteroatoms. The fraction of sp³-hybridized carbons (Fsp3) is 0.636. The maximum absolute atomic E-state index is 14.0. The summed E-state index contributed by atoms with van der Waals surface area (Å²) in [4.78, 5) is 58.5. The molecule has 2 aromatic rings. The SMILES string of the molecule is COCCOc1ccc(CN(C[C@H](O)[C@H](Cc2ccccc2)NC(=O)[C@@H](NC(=O)NCCN2CCOCC2)C(C)C)NC(=O)[C@@H](NC(=O)NCCN2CCOCC2)C(C)C)cc1. The molecule has 0 aromatic heterocycles. The van der Waals surface area contributed by atoms with Gasteiger partial charge in [0.1, 0.15) is 24.4 Å². The molecule has 62 heavy (non-hydrogen) atoms. The number of rotatable bonds is 25. The van der Waals surface area contributed by atoms with Gasteiger partial charge in [-0.1, -0.05) is 70.2 Å². The number of hydrogen-bond acceptors (Lipinski definition) is 12. The van der Waals surface area contributed by atoms with Crippen LogP contribution in [0, 0.1) is 11.8 Å². The molecule has 7 N–H and O–H groups in total. The first-order valence-corrected chi connectivity index (χ1v) is 21.9. The lowest BCUT2D eigenvalue weighted by molar-refractivity contribution is -0.131. The molecule has 0 spiro atoms. The number of aliphatic hydroxyl groups is 1. The third kappa shape index (κ3) is 18.4. The largest absolute Gasteiger partial charge is 0.491 e. The van der Waals surface area contributed by atoms with Crippen LogP contribution in [0.4, 0.5) is 9.59 Å². The number of aliphatic hydroxyl groups excluding tert-OH is 1. The van der Waals surface area contributed by atoms with Crippen LogP contribution >= 0.6 is 0 Å². The Hall–Kier alpha value is -4.56. The molecule has 2 fully saturated rings. The second-order valence-electron chi connectivity index (χ2n) is 16.4. The van der Waals surface area contributed by atoms with Crippen LogP contribution in [0.15, 0.2) is 54.6 Å². The van der Waals surface area contributed by atoms with Gasteiger partial charge in [0, 0.05) is 72.6 Å². The zero-order valence-electron chi connectivity index (χ0n) is 37.2. The van der Waals surface area contributed by atoms with Crippen LogP contribution in [-0.4, -0.2) is 174 Å². The highest BCUT2D eigenvalue weighted by Gasteiger charge is 2.32. The number of ether oxygens (including phenoxy) is 4. The van der Waals surface area contributed by atoms with Gasteiger partial charge in [-0.05, 0) is 41.5 Å². The second kappa shape index (κ2) is 27.5. The highest BCUT2D eigenvalue weighted by atomic mass is 16.5. The highest BCUT2D eigenvalue weighted by Crippen LogP contribution is 2.16. The average molecular weight is 870 g/mol. The topological polar surface area (TPSA) is 207 Å². The predicted molar refractivity (Wildman–Crippen MR) is 235 cm³/mol. The summed E-state index contributed by atoms with van der Waals surface area (Å²) < 4.78 is 21.6. The van der Waals surface area contributed by atoms with Gasteiger partial charge in [-0.2, -0.15) is 0 Å². The number of benzene rings is 2. The maximum Gasteiger partial charge on any atom is 0.315 e. The first kappa shape index (κ1) is 50.1. The van der Waals surface area contributed by atoms with Gasteiger partial charge in [0.2, 0.25) is 5.91 Å². The van der Waals surface area contributed by atoms with Gasteiger partial charge < -0.3 is 50.6 Å². The normalized spacial score (nSPS) is 16.9. The number of carbonyl (C=O) groups is 4. The van der Waals surface area contributed by atoms with Crippen molar-refractivity contribution in [2.75, 3.05) is 106 Å². The molecule has 346 valence electrons. The standard InChI is InChI=1S/C44H71N9O9/c1-32(2)39(48-43(57)45-15-17-51-19-23-60-24-20-51)41(55)47-37(29-34-9-7-6-8-10-34)38(54)31-53(30-35-11-13-36(14-12-35)62-28-27-59-5)50-42(56)40(33(3)4)49-44(58)46-16-18-52-21-25-61-26-22-52/h6-14,32-33,37-40,54H,15-31H2,1-5H3,(H,47,55)(H,50,56)(H2,45,48,57)(H2,46,49,58)/t37-,38-,39-,40-/m0/s1. The molecule has 4 rings (SSSR count). The van der Waals surface area contributed by atoms with Gasteiger partial charge >= 0.3 is 12.1 Å². The third-order valence-corrected chi connectivity index (χ3v) is 10.7. The monoisotopic (exact) mass is 870 g/mol. The molecule has 0 unspecified atom stereocenters. The molecular formula is C44H71N9O9. The number of methoxy groups -OCH3 is 1. The Bertz CT molecular complexity index is 1610. The minimum absolute atomic E-state index is 0.103. The molecule has 2 aliphatic rings. The summed E-state index contributed by atoms with van der Waals surface area (Å²) in [6.07, 6.45) is -0.944. The Balaban J connectivity index is 1.48. The maximum atomic E-state index is 14.0. The minimum Gasteiger partial charge on any atom is -0.491 e. The van der Waals surface area contributed by atoms with Crippen LogP contribution in [0.1, 0.15) is 38.8 Å². The van der Waals surface area contributed by atoms with Gasteiger partial charge in [0.25, 0.3) is 5.91 Å². The first-order valence-electron chi connectivity index (χ1n) is 21.9. The number of nitrogens with one attached hydrogen (secondary N) is 6. The van der Waals surface area contributed by atoms with E-state index in [4.69, 9.17) is 18.9 Å². The van der Waals surface area contributed by atoms with Crippen LogP contribution in [0.25, 0.3) is 0 Å². The summed E-state index contributed by atoms with van der Waals surface area (Å²) in [5.41, 5.74) is 4.64. The van der Waals surface area contributed by atoms with Crippen molar-refractivity contribution in [1.82, 2.24) is 46.8 Å². The molecule has 0 saturated carbocycles. The number of hydrazine groups is 1. The van der Waals surface area contributed by atoms with Crippen molar-refractivity contribution in [3.05, 3.63) is 65.7 Å². The number of nitrogens with zero attached hydrogens (tertiary/aromatic N) is 3. The molecule has 0 radical (unpaired) electrons. The van der Waals surface area contributed by atoms with E-state index < -0.39 is 48.1 Å². The number of urea groups is 2. The lowest BCUT2D eigenvalue weighted by Gasteiger charge is -2.33. The third-order valence-electron chi connectivity index (χ3n) is 10.7. The summed E-state index contributed by atoms with van der Waals surface area (Å²) in [6.45, 7) is 16.2. The smallest absolute Gasteiger partial charge is 0.315 e. The summed E-state index contributed by atoms with van der Waals surface area (Å²) in [7, 11) is 1.60. The zero-order valence-corrected chi connectivity index (χ0v) is 37.2. The molecule has 2 aliphatic heterocycles. The number of hydrogen-bond donors (Lipinski definition) is 7. The van der Waals surface area contributed by atoms with Gasteiger partial charge in [0.15, 0.2) is 0 Å². The fourth-order valence-electron chi connectivity index (χ4n) is 7.07. The Labute approximate surface area is 367 Å². The van der Waals surface area contributed by atoms with Crippen LogP contribution in [0.3, 0.4) is 0 Å². The Morgan fingerprint density at radius 1 is 0.710 bits per heavy atom.